The molecule has 0 amide bonds. The highest BCUT2D eigenvalue weighted by Crippen LogP contribution is 2.41. The Morgan fingerprint density at radius 1 is 0.975 bits per heavy atom. The minimum Gasteiger partial charge on any atom is -0.101 e. The first-order valence-corrected chi connectivity index (χ1v) is 15.1. The van der Waals surface area contributed by atoms with Crippen LogP contribution in [0.5, 0.6) is 0 Å². The highest BCUT2D eigenvalue weighted by Gasteiger charge is 2.26. The Morgan fingerprint density at radius 3 is 2.42 bits per heavy atom. The van der Waals surface area contributed by atoms with Crippen LogP contribution in [0.1, 0.15) is 108 Å². The molecule has 0 aliphatic heterocycles. The molecule has 0 bridgehead atoms. The molecule has 0 aromatic heterocycles. The summed E-state index contributed by atoms with van der Waals surface area (Å²) in [5.74, 6) is 20.3. The average molecular weight is 533 g/mol. The first-order valence-electron chi connectivity index (χ1n) is 15.1. The predicted molar refractivity (Wildman–Crippen MR) is 177 cm³/mol. The summed E-state index contributed by atoms with van der Waals surface area (Å²) in [5.41, 5.74) is 8.51. The van der Waals surface area contributed by atoms with E-state index in [1.54, 1.807) is 0 Å². The first-order chi connectivity index (χ1) is 18.8. The molecule has 0 heteroatoms. The van der Waals surface area contributed by atoms with E-state index in [0.717, 1.165) is 24.8 Å². The van der Waals surface area contributed by atoms with Crippen LogP contribution in [0.3, 0.4) is 0 Å². The fraction of sp³-hybridized carbons (Fsp3) is 0.500. The molecule has 0 saturated heterocycles. The van der Waals surface area contributed by atoms with Crippen molar-refractivity contribution in [2.75, 3.05) is 0 Å². The molecule has 0 heterocycles. The van der Waals surface area contributed by atoms with Gasteiger partial charge < -0.3 is 0 Å². The Morgan fingerprint density at radius 2 is 1.73 bits per heavy atom. The minimum absolute atomic E-state index is 0.102. The predicted octanol–water partition coefficient (Wildman–Crippen LogP) is 10.9. The molecular weight excluding hydrogens is 480 g/mol. The van der Waals surface area contributed by atoms with E-state index >= 15 is 0 Å². The van der Waals surface area contributed by atoms with E-state index < -0.39 is 0 Å². The van der Waals surface area contributed by atoms with Crippen LogP contribution >= 0.6 is 0 Å². The van der Waals surface area contributed by atoms with Gasteiger partial charge in [0.15, 0.2) is 0 Å². The molecule has 0 aromatic rings. The quantitative estimate of drug-likeness (QED) is 0.181. The Kier molecular flexibility index (Phi) is 12.9. The monoisotopic (exact) mass is 532 g/mol. The van der Waals surface area contributed by atoms with Crippen LogP contribution in [-0.2, 0) is 0 Å². The van der Waals surface area contributed by atoms with E-state index in [1.165, 1.54) is 47.1 Å². The van der Waals surface area contributed by atoms with Gasteiger partial charge in [0.05, 0.1) is 0 Å². The Balaban J connectivity index is 1.83. The zero-order chi connectivity index (χ0) is 29.8. The smallest absolute Gasteiger partial charge is 0.0357 e. The van der Waals surface area contributed by atoms with Gasteiger partial charge in [-0.1, -0.05) is 118 Å². The minimum atomic E-state index is 0.102. The Labute approximate surface area is 247 Å². The molecule has 2 aliphatic carbocycles. The summed E-state index contributed by atoms with van der Waals surface area (Å²) in [6, 6.07) is 0. The molecule has 0 saturated carbocycles. The number of rotatable bonds is 6. The van der Waals surface area contributed by atoms with Crippen molar-refractivity contribution in [1.82, 2.24) is 0 Å². The van der Waals surface area contributed by atoms with Crippen molar-refractivity contribution in [3.05, 3.63) is 82.0 Å². The van der Waals surface area contributed by atoms with Crippen LogP contribution in [0.4, 0.5) is 0 Å². The van der Waals surface area contributed by atoms with E-state index in [9.17, 15) is 0 Å². The van der Waals surface area contributed by atoms with Gasteiger partial charge in [-0.2, -0.15) is 0 Å². The summed E-state index contributed by atoms with van der Waals surface area (Å²) < 4.78 is 0. The lowest BCUT2D eigenvalue weighted by molar-refractivity contribution is 0.377. The third kappa shape index (κ3) is 11.2. The van der Waals surface area contributed by atoms with Crippen molar-refractivity contribution in [3.8, 4) is 35.5 Å². The summed E-state index contributed by atoms with van der Waals surface area (Å²) in [6.45, 7) is 22.3. The van der Waals surface area contributed by atoms with Crippen LogP contribution in [-0.4, -0.2) is 0 Å². The zero-order valence-corrected chi connectivity index (χ0v) is 27.0. The highest BCUT2D eigenvalue weighted by molar-refractivity contribution is 5.40. The lowest BCUT2D eigenvalue weighted by Crippen LogP contribution is -2.19. The van der Waals surface area contributed by atoms with Gasteiger partial charge in [-0.3, -0.25) is 0 Å². The lowest BCUT2D eigenvalue weighted by Gasteiger charge is -2.32. The normalized spacial score (nSPS) is 20.4. The SMILES string of the molecule is CC1=C(/C=C/C(C)C#CCC(C)C#CC/C=C(\C)C#C/C=C(C)/C=C/C2=C(C)CCCC2(C)C)C(C)(C)C=CC1. The number of hydrogen-bond acceptors (Lipinski definition) is 0. The van der Waals surface area contributed by atoms with E-state index in [2.05, 4.69) is 147 Å². The van der Waals surface area contributed by atoms with Crippen molar-refractivity contribution in [3.63, 3.8) is 0 Å². The average Bonchev–Trinajstić information content (AvgIpc) is 2.85. The summed E-state index contributed by atoms with van der Waals surface area (Å²) >= 11 is 0. The maximum atomic E-state index is 3.38. The third-order valence-electron chi connectivity index (χ3n) is 7.89. The molecular formula is C40H52. The van der Waals surface area contributed by atoms with E-state index in [0.29, 0.717) is 0 Å². The largest absolute Gasteiger partial charge is 0.101 e. The van der Waals surface area contributed by atoms with Crippen molar-refractivity contribution >= 4 is 0 Å². The molecule has 0 spiro atoms. The van der Waals surface area contributed by atoms with Gasteiger partial charge in [-0.25, -0.2) is 0 Å². The highest BCUT2D eigenvalue weighted by atomic mass is 14.3. The van der Waals surface area contributed by atoms with Crippen LogP contribution in [0.25, 0.3) is 0 Å². The van der Waals surface area contributed by atoms with Crippen LogP contribution < -0.4 is 0 Å². The summed E-state index contributed by atoms with van der Waals surface area (Å²) in [4.78, 5) is 0. The van der Waals surface area contributed by atoms with E-state index in [-0.39, 0.29) is 22.7 Å². The molecule has 0 radical (unpaired) electrons. The molecule has 2 rings (SSSR count). The maximum Gasteiger partial charge on any atom is 0.0357 e. The third-order valence-corrected chi connectivity index (χ3v) is 7.89. The van der Waals surface area contributed by atoms with Gasteiger partial charge in [0.25, 0.3) is 0 Å². The van der Waals surface area contributed by atoms with Crippen LogP contribution in [0, 0.1) is 58.2 Å². The zero-order valence-electron chi connectivity index (χ0n) is 27.0. The molecule has 2 aliphatic rings. The number of allylic oxidation sites excluding steroid dienone is 14. The van der Waals surface area contributed by atoms with Crippen molar-refractivity contribution in [1.29, 1.82) is 0 Å². The topological polar surface area (TPSA) is 0 Å². The standard InChI is InChI=1S/C40H52/c1-31(19-13-21-33(3)25-27-37-35(5)23-15-29-39(37,7)8)17-11-12-18-32(2)20-14-22-34(4)26-28-38-36(6)24-16-30-40(38,9)10/h16-17,21,25-28,30,32,34H,11,15,20,23-24,29H2,1-10H3/b27-25+,28-26+,31-17+,33-21+. The van der Waals surface area contributed by atoms with E-state index in [4.69, 9.17) is 0 Å². The van der Waals surface area contributed by atoms with Gasteiger partial charge in [0.2, 0.25) is 0 Å². The Bertz CT molecular complexity index is 1300. The molecule has 2 atom stereocenters. The Hall–Kier alpha value is -3.14. The van der Waals surface area contributed by atoms with Gasteiger partial charge >= 0.3 is 0 Å². The van der Waals surface area contributed by atoms with Crippen LogP contribution in [0.2, 0.25) is 0 Å². The fourth-order valence-electron chi connectivity index (χ4n) is 5.38. The molecule has 212 valence electrons. The van der Waals surface area contributed by atoms with Gasteiger partial charge in [-0.15, -0.1) is 5.92 Å². The summed E-state index contributed by atoms with van der Waals surface area (Å²) in [5, 5.41) is 0. The molecule has 0 aromatic carbocycles. The van der Waals surface area contributed by atoms with Crippen LogP contribution in [0.15, 0.2) is 82.0 Å². The molecule has 40 heavy (non-hydrogen) atoms. The molecule has 0 fully saturated rings. The summed E-state index contributed by atoms with van der Waals surface area (Å²) in [6.07, 6.45) is 24.1. The van der Waals surface area contributed by atoms with Gasteiger partial charge in [0, 0.05) is 30.1 Å². The first kappa shape index (κ1) is 33.1. The number of hydrogen-bond donors (Lipinski definition) is 0. The lowest BCUT2D eigenvalue weighted by atomic mass is 9.72. The second-order valence-corrected chi connectivity index (χ2v) is 12.9. The fourth-order valence-corrected chi connectivity index (χ4v) is 5.38. The van der Waals surface area contributed by atoms with Crippen molar-refractivity contribution < 1.29 is 0 Å². The summed E-state index contributed by atoms with van der Waals surface area (Å²) in [7, 11) is 0. The van der Waals surface area contributed by atoms with E-state index in [1.807, 2.05) is 6.08 Å². The maximum absolute atomic E-state index is 3.38. The molecule has 2 unspecified atom stereocenters. The van der Waals surface area contributed by atoms with Gasteiger partial charge in [-0.05, 0) is 94.1 Å². The van der Waals surface area contributed by atoms with Crippen molar-refractivity contribution in [2.24, 2.45) is 22.7 Å². The second-order valence-electron chi connectivity index (χ2n) is 12.9. The molecule has 0 nitrogen and oxygen atoms in total. The second kappa shape index (κ2) is 15.6. The van der Waals surface area contributed by atoms with Crippen molar-refractivity contribution in [2.45, 2.75) is 108 Å². The van der Waals surface area contributed by atoms with Gasteiger partial charge in [0.1, 0.15) is 0 Å². The molecule has 0 N–H and O–H groups in total.